The van der Waals surface area contributed by atoms with Crippen LogP contribution in [0.25, 0.3) is 10.9 Å². The molecular weight excluding hydrogens is 364 g/mol. The van der Waals surface area contributed by atoms with Crippen LogP contribution in [0.5, 0.6) is 0 Å². The van der Waals surface area contributed by atoms with Gasteiger partial charge in [-0.1, -0.05) is 30.3 Å². The average molecular weight is 382 g/mol. The van der Waals surface area contributed by atoms with Crippen molar-refractivity contribution in [1.29, 1.82) is 0 Å². The summed E-state index contributed by atoms with van der Waals surface area (Å²) in [5.74, 6) is 0.425. The third-order valence-electron chi connectivity index (χ3n) is 5.01. The van der Waals surface area contributed by atoms with Gasteiger partial charge in [0.15, 0.2) is 0 Å². The van der Waals surface area contributed by atoms with Gasteiger partial charge in [0.1, 0.15) is 12.4 Å². The molecule has 3 heterocycles. The minimum absolute atomic E-state index is 0.182. The summed E-state index contributed by atoms with van der Waals surface area (Å²) in [7, 11) is 0. The molecule has 0 spiro atoms. The highest BCUT2D eigenvalue weighted by molar-refractivity contribution is 6.06. The molecule has 29 heavy (non-hydrogen) atoms. The highest BCUT2D eigenvalue weighted by Crippen LogP contribution is 2.36. The molecule has 2 aromatic carbocycles. The van der Waals surface area contributed by atoms with E-state index in [1.54, 1.807) is 10.9 Å². The molecule has 1 aliphatic rings. The van der Waals surface area contributed by atoms with Gasteiger partial charge in [-0.3, -0.25) is 9.78 Å². The maximum atomic E-state index is 13.3. The molecular formula is C22H18N6O. The van der Waals surface area contributed by atoms with E-state index in [0.29, 0.717) is 11.5 Å². The lowest BCUT2D eigenvalue weighted by Crippen LogP contribution is -2.31. The number of nitrogens with one attached hydrogen (secondary N) is 2. The summed E-state index contributed by atoms with van der Waals surface area (Å²) in [5.41, 5.74) is 3.92. The lowest BCUT2D eigenvalue weighted by molar-refractivity contribution is -0.113. The van der Waals surface area contributed by atoms with Crippen molar-refractivity contribution >= 4 is 28.4 Å². The second-order valence-electron chi connectivity index (χ2n) is 6.87. The summed E-state index contributed by atoms with van der Waals surface area (Å²) < 4.78 is 1.74. The fourth-order valence-corrected chi connectivity index (χ4v) is 3.68. The van der Waals surface area contributed by atoms with E-state index >= 15 is 0 Å². The fraction of sp³-hybridized carbons (Fsp3) is 0.0909. The first-order valence-corrected chi connectivity index (χ1v) is 9.29. The molecule has 0 fully saturated rings. The number of amides is 1. The Balaban J connectivity index is 1.62. The molecule has 1 atom stereocenters. The van der Waals surface area contributed by atoms with E-state index in [0.717, 1.165) is 27.9 Å². The van der Waals surface area contributed by atoms with Gasteiger partial charge in [-0.25, -0.2) is 4.68 Å². The third-order valence-corrected chi connectivity index (χ3v) is 5.01. The largest absolute Gasteiger partial charge is 0.328 e. The lowest BCUT2D eigenvalue weighted by Gasteiger charge is -2.29. The van der Waals surface area contributed by atoms with Crippen molar-refractivity contribution in [3.05, 3.63) is 90.0 Å². The predicted molar refractivity (Wildman–Crippen MR) is 111 cm³/mol. The Kier molecular flexibility index (Phi) is 4.05. The van der Waals surface area contributed by atoms with Gasteiger partial charge in [0.05, 0.1) is 11.1 Å². The van der Waals surface area contributed by atoms with Gasteiger partial charge in [-0.05, 0) is 42.8 Å². The molecule has 1 amide bonds. The number of para-hydroxylation sites is 1. The highest BCUT2D eigenvalue weighted by atomic mass is 16.1. The second kappa shape index (κ2) is 6.87. The van der Waals surface area contributed by atoms with Gasteiger partial charge in [-0.2, -0.15) is 10.1 Å². The first-order chi connectivity index (χ1) is 14.2. The van der Waals surface area contributed by atoms with E-state index in [2.05, 4.69) is 25.7 Å². The molecule has 0 saturated carbocycles. The number of allylic oxidation sites excluding steroid dienone is 1. The molecule has 0 saturated heterocycles. The monoisotopic (exact) mass is 382 g/mol. The van der Waals surface area contributed by atoms with Crippen LogP contribution >= 0.6 is 0 Å². The number of hydrogen-bond donors (Lipinski definition) is 2. The standard InChI is InChI=1S/C22H18N6O/c1-14-19(21(29)27-17-7-3-2-4-8-17)20(28-22(26-14)24-13-25-28)16-9-10-18-15(12-16)6-5-11-23-18/h2-13,20H,1H3,(H,27,29)(H,24,25,26)/t20-/m0/s1. The van der Waals surface area contributed by atoms with E-state index in [-0.39, 0.29) is 5.91 Å². The Bertz CT molecular complexity index is 1240. The quantitative estimate of drug-likeness (QED) is 0.564. The summed E-state index contributed by atoms with van der Waals surface area (Å²) in [6.07, 6.45) is 3.26. The van der Waals surface area contributed by atoms with Crippen molar-refractivity contribution in [3.8, 4) is 0 Å². The maximum Gasteiger partial charge on any atom is 0.255 e. The molecule has 142 valence electrons. The number of anilines is 2. The molecule has 7 nitrogen and oxygen atoms in total. The number of carbonyl (C=O) groups is 1. The van der Waals surface area contributed by atoms with Crippen LogP contribution in [-0.4, -0.2) is 25.7 Å². The molecule has 2 aromatic heterocycles. The minimum atomic E-state index is -0.401. The normalized spacial score (nSPS) is 15.7. The van der Waals surface area contributed by atoms with E-state index in [9.17, 15) is 4.79 Å². The topological polar surface area (TPSA) is 84.7 Å². The molecule has 2 N–H and O–H groups in total. The van der Waals surface area contributed by atoms with Crippen LogP contribution < -0.4 is 10.6 Å². The summed E-state index contributed by atoms with van der Waals surface area (Å²) in [6, 6.07) is 18.9. The molecule has 7 heteroatoms. The first-order valence-electron chi connectivity index (χ1n) is 9.29. The summed E-state index contributed by atoms with van der Waals surface area (Å²) in [6.45, 7) is 1.88. The summed E-state index contributed by atoms with van der Waals surface area (Å²) in [4.78, 5) is 21.9. The zero-order chi connectivity index (χ0) is 19.8. The Morgan fingerprint density at radius 2 is 1.93 bits per heavy atom. The SMILES string of the molecule is CC1=C(C(=O)Nc2ccccc2)[C@H](c2ccc3ncccc3c2)n2ncnc2N1. The van der Waals surface area contributed by atoms with Gasteiger partial charge >= 0.3 is 0 Å². The van der Waals surface area contributed by atoms with Crippen molar-refractivity contribution < 1.29 is 4.79 Å². The van der Waals surface area contributed by atoms with Crippen LogP contribution in [-0.2, 0) is 4.79 Å². The van der Waals surface area contributed by atoms with Crippen LogP contribution in [0.2, 0.25) is 0 Å². The molecule has 0 aliphatic carbocycles. The average Bonchev–Trinajstić information content (AvgIpc) is 3.21. The molecule has 1 aliphatic heterocycles. The fourth-order valence-electron chi connectivity index (χ4n) is 3.68. The minimum Gasteiger partial charge on any atom is -0.328 e. The zero-order valence-electron chi connectivity index (χ0n) is 15.7. The number of carbonyl (C=O) groups excluding carboxylic acids is 1. The van der Waals surface area contributed by atoms with Crippen molar-refractivity contribution in [3.63, 3.8) is 0 Å². The van der Waals surface area contributed by atoms with Crippen LogP contribution in [0.1, 0.15) is 18.5 Å². The van der Waals surface area contributed by atoms with Crippen LogP contribution in [0.15, 0.2) is 84.5 Å². The number of nitrogens with zero attached hydrogens (tertiary/aromatic N) is 4. The Morgan fingerprint density at radius 3 is 2.79 bits per heavy atom. The molecule has 4 aromatic rings. The van der Waals surface area contributed by atoms with Crippen molar-refractivity contribution in [2.75, 3.05) is 10.6 Å². The van der Waals surface area contributed by atoms with Crippen LogP contribution in [0.4, 0.5) is 11.6 Å². The maximum absolute atomic E-state index is 13.3. The van der Waals surface area contributed by atoms with Crippen molar-refractivity contribution in [2.45, 2.75) is 13.0 Å². The van der Waals surface area contributed by atoms with E-state index < -0.39 is 6.04 Å². The van der Waals surface area contributed by atoms with Gasteiger partial charge in [0, 0.05) is 23.0 Å². The summed E-state index contributed by atoms with van der Waals surface area (Å²) in [5, 5.41) is 11.6. The van der Waals surface area contributed by atoms with Crippen LogP contribution in [0, 0.1) is 0 Å². The first kappa shape index (κ1) is 17.1. The number of pyridine rings is 1. The summed E-state index contributed by atoms with van der Waals surface area (Å²) >= 11 is 0. The van der Waals surface area contributed by atoms with E-state index in [4.69, 9.17) is 0 Å². The number of rotatable bonds is 3. The lowest BCUT2D eigenvalue weighted by atomic mass is 9.94. The van der Waals surface area contributed by atoms with E-state index in [1.165, 1.54) is 6.33 Å². The number of fused-ring (bicyclic) bond motifs is 2. The third kappa shape index (κ3) is 3.02. The van der Waals surface area contributed by atoms with Gasteiger partial charge in [0.25, 0.3) is 5.91 Å². The molecule has 0 unspecified atom stereocenters. The highest BCUT2D eigenvalue weighted by Gasteiger charge is 2.33. The smallest absolute Gasteiger partial charge is 0.255 e. The van der Waals surface area contributed by atoms with Gasteiger partial charge in [-0.15, -0.1) is 0 Å². The number of aromatic nitrogens is 4. The van der Waals surface area contributed by atoms with Gasteiger partial charge < -0.3 is 10.6 Å². The van der Waals surface area contributed by atoms with Crippen molar-refractivity contribution in [1.82, 2.24) is 19.7 Å². The molecule has 5 rings (SSSR count). The van der Waals surface area contributed by atoms with E-state index in [1.807, 2.05) is 67.6 Å². The van der Waals surface area contributed by atoms with Gasteiger partial charge in [0.2, 0.25) is 5.95 Å². The number of benzene rings is 2. The predicted octanol–water partition coefficient (Wildman–Crippen LogP) is 3.75. The second-order valence-corrected chi connectivity index (χ2v) is 6.87. The Morgan fingerprint density at radius 1 is 1.07 bits per heavy atom. The molecule has 0 radical (unpaired) electrons. The van der Waals surface area contributed by atoms with Crippen LogP contribution in [0.3, 0.4) is 0 Å². The Hall–Kier alpha value is -4.00. The Labute approximate surface area is 167 Å². The van der Waals surface area contributed by atoms with Crippen molar-refractivity contribution in [2.24, 2.45) is 0 Å². The number of hydrogen-bond acceptors (Lipinski definition) is 5. The molecule has 0 bridgehead atoms. The zero-order valence-corrected chi connectivity index (χ0v) is 15.7.